The van der Waals surface area contributed by atoms with Gasteiger partial charge in [0.2, 0.25) is 15.9 Å². The molecule has 0 aliphatic carbocycles. The maximum atomic E-state index is 13.3. The molecule has 0 radical (unpaired) electrons. The van der Waals surface area contributed by atoms with Crippen molar-refractivity contribution in [1.29, 1.82) is 0 Å². The number of sulfonamides is 1. The number of hydrogen-bond acceptors (Lipinski definition) is 8. The molecule has 2 amide bonds. The van der Waals surface area contributed by atoms with E-state index in [9.17, 15) is 18.0 Å². The van der Waals surface area contributed by atoms with Gasteiger partial charge in [0, 0.05) is 39.4 Å². The summed E-state index contributed by atoms with van der Waals surface area (Å²) < 4.78 is 48.5. The van der Waals surface area contributed by atoms with Crippen molar-refractivity contribution in [2.75, 3.05) is 59.8 Å². The molecule has 2 aromatic carbocycles. The topological polar surface area (TPSA) is 124 Å². The molecule has 0 saturated carbocycles. The summed E-state index contributed by atoms with van der Waals surface area (Å²) in [6.07, 6.45) is 0.666. The zero-order chi connectivity index (χ0) is 29.0. The predicted molar refractivity (Wildman–Crippen MR) is 149 cm³/mol. The molecule has 2 aromatic rings. The third kappa shape index (κ3) is 8.91. The van der Waals surface area contributed by atoms with Gasteiger partial charge in [0.1, 0.15) is 17.5 Å². The van der Waals surface area contributed by atoms with Gasteiger partial charge >= 0.3 is 0 Å². The number of benzene rings is 2. The van der Waals surface area contributed by atoms with Gasteiger partial charge in [-0.1, -0.05) is 12.1 Å². The number of methoxy groups -OCH3 is 1. The van der Waals surface area contributed by atoms with Crippen molar-refractivity contribution in [1.82, 2.24) is 14.5 Å². The van der Waals surface area contributed by atoms with E-state index in [2.05, 4.69) is 5.32 Å². The van der Waals surface area contributed by atoms with E-state index in [1.165, 1.54) is 33.5 Å². The molecule has 0 spiro atoms. The average Bonchev–Trinajstić information content (AvgIpc) is 2.99. The van der Waals surface area contributed by atoms with Crippen LogP contribution in [0.25, 0.3) is 0 Å². The lowest BCUT2D eigenvalue weighted by molar-refractivity contribution is -0.142. The summed E-state index contributed by atoms with van der Waals surface area (Å²) in [5.41, 5.74) is 0.822. The highest BCUT2D eigenvalue weighted by molar-refractivity contribution is 7.89. The summed E-state index contributed by atoms with van der Waals surface area (Å²) in [4.78, 5) is 27.8. The molecule has 3 rings (SSSR count). The quantitative estimate of drug-likeness (QED) is 0.319. The molecule has 1 aliphatic heterocycles. The van der Waals surface area contributed by atoms with E-state index in [0.29, 0.717) is 64.0 Å². The number of nitrogens with one attached hydrogen (secondary N) is 1. The molecule has 0 unspecified atom stereocenters. The Kier molecular flexibility index (Phi) is 12.2. The second-order valence-electron chi connectivity index (χ2n) is 9.16. The zero-order valence-electron chi connectivity index (χ0n) is 23.3. The largest absolute Gasteiger partial charge is 0.497 e. The van der Waals surface area contributed by atoms with Gasteiger partial charge < -0.3 is 29.2 Å². The first-order valence-electron chi connectivity index (χ1n) is 13.3. The highest BCUT2D eigenvalue weighted by Crippen LogP contribution is 2.21. The van der Waals surface area contributed by atoms with Crippen LogP contribution in [0.2, 0.25) is 0 Å². The molecule has 0 bridgehead atoms. The van der Waals surface area contributed by atoms with Crippen molar-refractivity contribution >= 4 is 21.8 Å². The van der Waals surface area contributed by atoms with Crippen LogP contribution in [0.15, 0.2) is 53.4 Å². The normalized spacial score (nSPS) is 14.8. The minimum atomic E-state index is -3.64. The number of carbonyl (C=O) groups is 2. The first-order chi connectivity index (χ1) is 19.3. The molecule has 1 atom stereocenters. The van der Waals surface area contributed by atoms with Crippen LogP contribution in [0.4, 0.5) is 0 Å². The smallest absolute Gasteiger partial charge is 0.261 e. The fourth-order valence-corrected chi connectivity index (χ4v) is 5.47. The maximum Gasteiger partial charge on any atom is 0.261 e. The Hall–Kier alpha value is -3.19. The SMILES string of the molecule is CCOCCCNC(=O)[C@H](C)N(Cc1ccc(OC)cc1)C(=O)COc1ccc(S(=O)(=O)N2CCOCC2)cc1. The Morgan fingerprint density at radius 1 is 1.05 bits per heavy atom. The number of morpholine rings is 1. The third-order valence-corrected chi connectivity index (χ3v) is 8.35. The number of hydrogen-bond donors (Lipinski definition) is 1. The van der Waals surface area contributed by atoms with Crippen molar-refractivity contribution < 1.29 is 37.0 Å². The first-order valence-corrected chi connectivity index (χ1v) is 14.8. The summed E-state index contributed by atoms with van der Waals surface area (Å²) in [7, 11) is -2.06. The predicted octanol–water partition coefficient (Wildman–Crippen LogP) is 2.06. The average molecular weight is 578 g/mol. The molecular formula is C28H39N3O8S. The Morgan fingerprint density at radius 2 is 1.70 bits per heavy atom. The van der Waals surface area contributed by atoms with Crippen molar-refractivity contribution in [2.45, 2.75) is 37.8 Å². The molecule has 1 saturated heterocycles. The molecule has 11 nitrogen and oxygen atoms in total. The van der Waals surface area contributed by atoms with E-state index >= 15 is 0 Å². The lowest BCUT2D eigenvalue weighted by Gasteiger charge is -2.29. The van der Waals surface area contributed by atoms with Gasteiger partial charge in [0.25, 0.3) is 5.91 Å². The summed E-state index contributed by atoms with van der Waals surface area (Å²) in [5.74, 6) is 0.352. The third-order valence-electron chi connectivity index (χ3n) is 6.44. The molecule has 1 aliphatic rings. The van der Waals surface area contributed by atoms with Gasteiger partial charge in [-0.25, -0.2) is 8.42 Å². The first kappa shape index (κ1) is 31.3. The van der Waals surface area contributed by atoms with Crippen LogP contribution in [0.1, 0.15) is 25.8 Å². The van der Waals surface area contributed by atoms with Crippen LogP contribution in [0.3, 0.4) is 0 Å². The summed E-state index contributed by atoms with van der Waals surface area (Å²) in [6, 6.07) is 12.4. The van der Waals surface area contributed by atoms with Crippen LogP contribution < -0.4 is 14.8 Å². The molecule has 1 N–H and O–H groups in total. The van der Waals surface area contributed by atoms with Crippen molar-refractivity contribution in [3.05, 3.63) is 54.1 Å². The molecule has 0 aromatic heterocycles. The number of rotatable bonds is 15. The van der Waals surface area contributed by atoms with Gasteiger partial charge in [-0.05, 0) is 62.2 Å². The highest BCUT2D eigenvalue weighted by atomic mass is 32.2. The Morgan fingerprint density at radius 3 is 2.33 bits per heavy atom. The Bertz CT molecular complexity index is 1180. The number of nitrogens with zero attached hydrogens (tertiary/aromatic N) is 2. The van der Waals surface area contributed by atoms with E-state index in [1.54, 1.807) is 26.2 Å². The maximum absolute atomic E-state index is 13.3. The van der Waals surface area contributed by atoms with Crippen LogP contribution in [-0.4, -0.2) is 95.3 Å². The van der Waals surface area contributed by atoms with Crippen molar-refractivity contribution in [3.63, 3.8) is 0 Å². The van der Waals surface area contributed by atoms with Crippen LogP contribution in [0.5, 0.6) is 11.5 Å². The molecule has 12 heteroatoms. The second-order valence-corrected chi connectivity index (χ2v) is 11.1. The molecule has 220 valence electrons. The number of amides is 2. The van der Waals surface area contributed by atoms with Crippen LogP contribution in [-0.2, 0) is 35.6 Å². The molecule has 1 heterocycles. The van der Waals surface area contributed by atoms with E-state index in [-0.39, 0.29) is 24.0 Å². The Balaban J connectivity index is 1.65. The summed E-state index contributed by atoms with van der Waals surface area (Å²) in [5, 5.41) is 2.86. The number of carbonyl (C=O) groups excluding carboxylic acids is 2. The fourth-order valence-electron chi connectivity index (χ4n) is 4.06. The standard InChI is InChI=1S/C28H39N3O8S/c1-4-37-17-5-14-29-28(33)22(2)31(20-23-6-8-24(36-3)9-7-23)27(32)21-39-25-10-12-26(13-11-25)40(34,35)30-15-18-38-19-16-30/h6-13,22H,4-5,14-21H2,1-3H3,(H,29,33)/t22-/m0/s1. The summed E-state index contributed by atoms with van der Waals surface area (Å²) >= 11 is 0. The monoisotopic (exact) mass is 577 g/mol. The van der Waals surface area contributed by atoms with Gasteiger partial charge in [0.15, 0.2) is 6.61 Å². The van der Waals surface area contributed by atoms with Gasteiger partial charge in [-0.15, -0.1) is 0 Å². The molecule has 1 fully saturated rings. The van der Waals surface area contributed by atoms with Gasteiger partial charge in [-0.3, -0.25) is 9.59 Å². The lowest BCUT2D eigenvalue weighted by atomic mass is 10.1. The lowest BCUT2D eigenvalue weighted by Crippen LogP contribution is -2.49. The van der Waals surface area contributed by atoms with Crippen LogP contribution in [0, 0.1) is 0 Å². The zero-order valence-corrected chi connectivity index (χ0v) is 24.2. The molecule has 40 heavy (non-hydrogen) atoms. The Labute approximate surface area is 236 Å². The van der Waals surface area contributed by atoms with E-state index < -0.39 is 22.0 Å². The molecular weight excluding hydrogens is 538 g/mol. The minimum absolute atomic E-state index is 0.142. The van der Waals surface area contributed by atoms with Gasteiger partial charge in [0.05, 0.1) is 25.2 Å². The number of ether oxygens (including phenoxy) is 4. The van der Waals surface area contributed by atoms with E-state index in [4.69, 9.17) is 18.9 Å². The second kappa shape index (κ2) is 15.6. The van der Waals surface area contributed by atoms with E-state index in [0.717, 1.165) is 5.56 Å². The van der Waals surface area contributed by atoms with Crippen molar-refractivity contribution in [3.8, 4) is 11.5 Å². The van der Waals surface area contributed by atoms with Gasteiger partial charge in [-0.2, -0.15) is 4.31 Å². The van der Waals surface area contributed by atoms with E-state index in [1.807, 2.05) is 19.1 Å². The van der Waals surface area contributed by atoms with Crippen LogP contribution >= 0.6 is 0 Å². The van der Waals surface area contributed by atoms with Crippen molar-refractivity contribution in [2.24, 2.45) is 0 Å². The minimum Gasteiger partial charge on any atom is -0.497 e. The summed E-state index contributed by atoms with van der Waals surface area (Å²) in [6.45, 7) is 6.36. The fraction of sp³-hybridized carbons (Fsp3) is 0.500. The highest BCUT2D eigenvalue weighted by Gasteiger charge is 2.28.